The molecule has 2 N–H and O–H groups in total. The van der Waals surface area contributed by atoms with Gasteiger partial charge >= 0.3 is 0 Å². The Morgan fingerprint density at radius 1 is 1.75 bits per heavy atom. The maximum atomic E-state index is 9.88. The molecule has 0 aliphatic carbocycles. The number of carbonyl (C=O) groups excluding carboxylic acids is 1. The Morgan fingerprint density at radius 2 is 2.38 bits per heavy atom. The zero-order valence-corrected chi connectivity index (χ0v) is 5.26. The average Bonchev–Trinajstić information content (AvgIpc) is 1.83. The van der Waals surface area contributed by atoms with E-state index in [1.165, 1.54) is 0 Å². The Hall–Kier alpha value is -0.370. The lowest BCUT2D eigenvalue weighted by molar-refractivity contribution is -0.108. The Labute approximate surface area is 50.1 Å². The second kappa shape index (κ2) is 4.78. The van der Waals surface area contributed by atoms with E-state index < -0.39 is 0 Å². The predicted octanol–water partition coefficient (Wildman–Crippen LogP) is 0.560. The minimum absolute atomic E-state index is 0.410. The largest absolute Gasteiger partial charge is 0.330 e. The van der Waals surface area contributed by atoms with Crippen molar-refractivity contribution in [2.45, 2.75) is 19.8 Å². The Morgan fingerprint density at radius 3 is 2.50 bits per heavy atom. The van der Waals surface area contributed by atoms with E-state index in [-0.39, 0.29) is 0 Å². The molecular formula is C6H13NO. The van der Waals surface area contributed by atoms with E-state index >= 15 is 0 Å². The zero-order chi connectivity index (χ0) is 6.41. The minimum Gasteiger partial charge on any atom is -0.330 e. The van der Waals surface area contributed by atoms with Crippen LogP contribution in [0.15, 0.2) is 0 Å². The topological polar surface area (TPSA) is 43.1 Å². The van der Waals surface area contributed by atoms with Gasteiger partial charge in [0, 0.05) is 6.42 Å². The Kier molecular flexibility index (Phi) is 4.56. The maximum absolute atomic E-state index is 9.88. The van der Waals surface area contributed by atoms with Gasteiger partial charge in [-0.15, -0.1) is 0 Å². The van der Waals surface area contributed by atoms with Gasteiger partial charge in [0.2, 0.25) is 0 Å². The van der Waals surface area contributed by atoms with Crippen LogP contribution in [0.2, 0.25) is 0 Å². The van der Waals surface area contributed by atoms with E-state index in [1.807, 2.05) is 6.92 Å². The first-order chi connectivity index (χ1) is 3.85. The number of rotatable bonds is 4. The third kappa shape index (κ3) is 2.75. The highest BCUT2D eigenvalue weighted by molar-refractivity contribution is 5.49. The third-order valence-corrected chi connectivity index (χ3v) is 1.34. The molecule has 2 heteroatoms. The van der Waals surface area contributed by atoms with Crippen molar-refractivity contribution in [3.05, 3.63) is 0 Å². The van der Waals surface area contributed by atoms with Crippen molar-refractivity contribution in [3.63, 3.8) is 0 Å². The first kappa shape index (κ1) is 7.63. The summed E-state index contributed by atoms with van der Waals surface area (Å²) >= 11 is 0. The summed E-state index contributed by atoms with van der Waals surface area (Å²) < 4.78 is 0. The summed E-state index contributed by atoms with van der Waals surface area (Å²) in [6, 6.07) is 0. The fraction of sp³-hybridized carbons (Fsp3) is 0.833. The van der Waals surface area contributed by atoms with Crippen LogP contribution in [-0.2, 0) is 4.79 Å². The molecule has 0 amide bonds. The minimum atomic E-state index is 0.410. The van der Waals surface area contributed by atoms with Crippen LogP contribution >= 0.6 is 0 Å². The van der Waals surface area contributed by atoms with Crippen molar-refractivity contribution in [2.75, 3.05) is 6.54 Å². The van der Waals surface area contributed by atoms with Crippen molar-refractivity contribution in [1.82, 2.24) is 0 Å². The molecule has 0 saturated heterocycles. The van der Waals surface area contributed by atoms with Crippen LogP contribution in [0.4, 0.5) is 0 Å². The van der Waals surface area contributed by atoms with Crippen molar-refractivity contribution in [2.24, 2.45) is 11.7 Å². The number of hydrogen-bond acceptors (Lipinski definition) is 2. The average molecular weight is 115 g/mol. The predicted molar refractivity (Wildman–Crippen MR) is 33.5 cm³/mol. The summed E-state index contributed by atoms with van der Waals surface area (Å²) in [6.45, 7) is 2.68. The molecule has 0 heterocycles. The van der Waals surface area contributed by atoms with E-state index in [0.717, 1.165) is 12.7 Å². The lowest BCUT2D eigenvalue weighted by Gasteiger charge is -2.04. The third-order valence-electron chi connectivity index (χ3n) is 1.34. The van der Waals surface area contributed by atoms with Crippen molar-refractivity contribution < 1.29 is 4.79 Å². The van der Waals surface area contributed by atoms with Crippen LogP contribution < -0.4 is 5.73 Å². The van der Waals surface area contributed by atoms with E-state index in [1.54, 1.807) is 0 Å². The summed E-state index contributed by atoms with van der Waals surface area (Å²) in [4.78, 5) is 9.88. The van der Waals surface area contributed by atoms with Gasteiger partial charge in [0.25, 0.3) is 0 Å². The van der Waals surface area contributed by atoms with Crippen molar-refractivity contribution in [1.29, 1.82) is 0 Å². The highest BCUT2D eigenvalue weighted by atomic mass is 16.1. The first-order valence-corrected chi connectivity index (χ1v) is 2.98. The van der Waals surface area contributed by atoms with E-state index in [4.69, 9.17) is 5.73 Å². The molecule has 0 spiro atoms. The number of hydrogen-bond donors (Lipinski definition) is 1. The van der Waals surface area contributed by atoms with Gasteiger partial charge in [-0.1, -0.05) is 13.3 Å². The van der Waals surface area contributed by atoms with Gasteiger partial charge in [-0.25, -0.2) is 0 Å². The Balaban J connectivity index is 3.20. The van der Waals surface area contributed by atoms with Gasteiger partial charge in [-0.2, -0.15) is 0 Å². The van der Waals surface area contributed by atoms with Gasteiger partial charge < -0.3 is 10.5 Å². The van der Waals surface area contributed by atoms with E-state index in [0.29, 0.717) is 18.9 Å². The van der Waals surface area contributed by atoms with Gasteiger partial charge in [0.15, 0.2) is 0 Å². The van der Waals surface area contributed by atoms with E-state index in [9.17, 15) is 4.79 Å². The molecule has 48 valence electrons. The van der Waals surface area contributed by atoms with E-state index in [2.05, 4.69) is 0 Å². The van der Waals surface area contributed by atoms with Crippen LogP contribution in [0, 0.1) is 5.92 Å². The van der Waals surface area contributed by atoms with Crippen molar-refractivity contribution >= 4 is 6.29 Å². The summed E-state index contributed by atoms with van der Waals surface area (Å²) in [7, 11) is 0. The maximum Gasteiger partial charge on any atom is 0.120 e. The highest BCUT2D eigenvalue weighted by Crippen LogP contribution is 2.01. The molecule has 8 heavy (non-hydrogen) atoms. The van der Waals surface area contributed by atoms with Gasteiger partial charge in [-0.05, 0) is 12.5 Å². The fourth-order valence-electron chi connectivity index (χ4n) is 0.566. The number of aldehydes is 1. The molecule has 1 atom stereocenters. The van der Waals surface area contributed by atoms with Gasteiger partial charge in [0.1, 0.15) is 6.29 Å². The number of nitrogens with two attached hydrogens (primary N) is 1. The van der Waals surface area contributed by atoms with Gasteiger partial charge in [-0.3, -0.25) is 0 Å². The van der Waals surface area contributed by atoms with Crippen LogP contribution in [-0.4, -0.2) is 12.8 Å². The normalized spacial score (nSPS) is 13.2. The van der Waals surface area contributed by atoms with Crippen LogP contribution in [0.25, 0.3) is 0 Å². The molecule has 0 fully saturated rings. The molecule has 2 nitrogen and oxygen atoms in total. The summed E-state index contributed by atoms with van der Waals surface area (Å²) in [5.41, 5.74) is 5.31. The molecule has 0 aromatic heterocycles. The monoisotopic (exact) mass is 115 g/mol. The molecule has 0 radical (unpaired) electrons. The van der Waals surface area contributed by atoms with Crippen LogP contribution in [0.3, 0.4) is 0 Å². The molecule has 1 unspecified atom stereocenters. The molecule has 0 saturated carbocycles. The molecule has 0 aromatic carbocycles. The fourth-order valence-corrected chi connectivity index (χ4v) is 0.566. The second-order valence-corrected chi connectivity index (χ2v) is 1.91. The first-order valence-electron chi connectivity index (χ1n) is 2.98. The smallest absolute Gasteiger partial charge is 0.120 e. The molecule has 0 aromatic rings. The summed E-state index contributed by atoms with van der Waals surface area (Å²) in [5, 5.41) is 0. The SMILES string of the molecule is CCC(CN)CC=O. The molecule has 0 aliphatic heterocycles. The molecular weight excluding hydrogens is 102 g/mol. The highest BCUT2D eigenvalue weighted by Gasteiger charge is 1.99. The summed E-state index contributed by atoms with van der Waals surface area (Å²) in [6.07, 6.45) is 2.56. The zero-order valence-electron chi connectivity index (χ0n) is 5.26. The second-order valence-electron chi connectivity index (χ2n) is 1.91. The van der Waals surface area contributed by atoms with Crippen LogP contribution in [0.5, 0.6) is 0 Å². The molecule has 0 rings (SSSR count). The van der Waals surface area contributed by atoms with Crippen molar-refractivity contribution in [3.8, 4) is 0 Å². The quantitative estimate of drug-likeness (QED) is 0.544. The molecule has 0 aliphatic rings. The molecule has 0 bridgehead atoms. The lowest BCUT2D eigenvalue weighted by atomic mass is 10.0. The van der Waals surface area contributed by atoms with Crippen LogP contribution in [0.1, 0.15) is 19.8 Å². The Bertz CT molecular complexity index is 59.5. The number of carbonyl (C=O) groups is 1. The standard InChI is InChI=1S/C6H13NO/c1-2-6(5-7)3-4-8/h4,6H,2-3,5,7H2,1H3. The lowest BCUT2D eigenvalue weighted by Crippen LogP contribution is -2.13. The summed E-state index contributed by atoms with van der Waals surface area (Å²) in [5.74, 6) is 0.410. The van der Waals surface area contributed by atoms with Gasteiger partial charge in [0.05, 0.1) is 0 Å².